The highest BCUT2D eigenvalue weighted by Crippen LogP contribution is 2.43. The fourth-order valence-corrected chi connectivity index (χ4v) is 2.61. The molecule has 0 saturated heterocycles. The zero-order valence-electron chi connectivity index (χ0n) is 11.0. The van der Waals surface area contributed by atoms with Gasteiger partial charge in [-0.05, 0) is 38.0 Å². The number of anilines is 1. The highest BCUT2D eigenvalue weighted by atomic mass is 35.5. The number of esters is 1. The minimum absolute atomic E-state index is 0.259. The van der Waals surface area contributed by atoms with Gasteiger partial charge in [0.25, 0.3) is 0 Å². The Morgan fingerprint density at radius 1 is 1.35 bits per heavy atom. The third-order valence-electron chi connectivity index (χ3n) is 3.49. The van der Waals surface area contributed by atoms with Crippen molar-refractivity contribution in [3.63, 3.8) is 0 Å². The van der Waals surface area contributed by atoms with Crippen LogP contribution in [0.1, 0.15) is 26.2 Å². The molecule has 0 aromatic heterocycles. The molecular formula is C14H15Cl2NO3. The predicted octanol–water partition coefficient (Wildman–Crippen LogP) is 3.67. The monoisotopic (exact) mass is 315 g/mol. The van der Waals surface area contributed by atoms with Crippen molar-refractivity contribution < 1.29 is 14.3 Å². The Hall–Kier alpha value is -1.26. The molecule has 1 N–H and O–H groups in total. The van der Waals surface area contributed by atoms with Gasteiger partial charge in [-0.15, -0.1) is 0 Å². The maximum atomic E-state index is 12.4. The van der Waals surface area contributed by atoms with E-state index in [1.54, 1.807) is 19.1 Å². The van der Waals surface area contributed by atoms with Gasteiger partial charge in [-0.3, -0.25) is 9.59 Å². The Labute approximate surface area is 127 Å². The second kappa shape index (κ2) is 6.02. The van der Waals surface area contributed by atoms with Crippen molar-refractivity contribution in [1.29, 1.82) is 0 Å². The first-order valence-corrected chi connectivity index (χ1v) is 7.19. The Kier molecular flexibility index (Phi) is 4.55. The number of halogens is 2. The van der Waals surface area contributed by atoms with Gasteiger partial charge in [0.1, 0.15) is 5.41 Å². The summed E-state index contributed by atoms with van der Waals surface area (Å²) in [4.78, 5) is 24.3. The molecule has 6 heteroatoms. The van der Waals surface area contributed by atoms with Gasteiger partial charge < -0.3 is 10.1 Å². The number of ether oxygens (including phenoxy) is 1. The highest BCUT2D eigenvalue weighted by molar-refractivity contribution is 6.36. The summed E-state index contributed by atoms with van der Waals surface area (Å²) in [6, 6.07) is 4.78. The molecule has 4 nitrogen and oxygen atoms in total. The van der Waals surface area contributed by atoms with E-state index in [9.17, 15) is 9.59 Å². The lowest BCUT2D eigenvalue weighted by Gasteiger charge is -2.37. The zero-order chi connectivity index (χ0) is 14.8. The van der Waals surface area contributed by atoms with Gasteiger partial charge in [-0.2, -0.15) is 0 Å². The first-order chi connectivity index (χ1) is 9.49. The van der Waals surface area contributed by atoms with Crippen LogP contribution in [0.3, 0.4) is 0 Å². The average Bonchev–Trinajstić information content (AvgIpc) is 2.31. The quantitative estimate of drug-likeness (QED) is 0.681. The van der Waals surface area contributed by atoms with Gasteiger partial charge in [0.05, 0.1) is 17.3 Å². The van der Waals surface area contributed by atoms with Crippen LogP contribution in [0.5, 0.6) is 0 Å². The van der Waals surface area contributed by atoms with E-state index in [-0.39, 0.29) is 12.5 Å². The van der Waals surface area contributed by atoms with Crippen molar-refractivity contribution in [2.24, 2.45) is 5.41 Å². The van der Waals surface area contributed by atoms with Crippen LogP contribution >= 0.6 is 23.2 Å². The molecule has 1 aromatic rings. The largest absolute Gasteiger partial charge is 0.465 e. The summed E-state index contributed by atoms with van der Waals surface area (Å²) < 4.78 is 5.00. The highest BCUT2D eigenvalue weighted by Gasteiger charge is 2.52. The van der Waals surface area contributed by atoms with Gasteiger partial charge >= 0.3 is 5.97 Å². The van der Waals surface area contributed by atoms with Crippen LogP contribution in [-0.2, 0) is 14.3 Å². The van der Waals surface area contributed by atoms with E-state index in [0.717, 1.165) is 6.42 Å². The number of benzene rings is 1. The van der Waals surface area contributed by atoms with E-state index in [0.29, 0.717) is 28.6 Å². The van der Waals surface area contributed by atoms with Crippen LogP contribution in [0.4, 0.5) is 5.69 Å². The minimum atomic E-state index is -1.07. The third kappa shape index (κ3) is 2.76. The zero-order valence-corrected chi connectivity index (χ0v) is 12.6. The summed E-state index contributed by atoms with van der Waals surface area (Å²) in [5, 5.41) is 3.51. The fraction of sp³-hybridized carbons (Fsp3) is 0.429. The molecule has 1 aromatic carbocycles. The predicted molar refractivity (Wildman–Crippen MR) is 78.0 cm³/mol. The van der Waals surface area contributed by atoms with Crippen LogP contribution in [0.25, 0.3) is 0 Å². The number of rotatable bonds is 4. The molecule has 108 valence electrons. The van der Waals surface area contributed by atoms with Gasteiger partial charge in [0.2, 0.25) is 5.91 Å². The SMILES string of the molecule is CCOC(=O)C1(C(=O)Nc2ccc(Cl)cc2Cl)CCC1. The fourth-order valence-electron chi connectivity index (χ4n) is 2.16. The lowest BCUT2D eigenvalue weighted by Crippen LogP contribution is -2.49. The van der Waals surface area contributed by atoms with E-state index < -0.39 is 11.4 Å². The second-order valence-corrected chi connectivity index (χ2v) is 5.58. The number of nitrogens with one attached hydrogen (secondary N) is 1. The molecule has 0 radical (unpaired) electrons. The standard InChI is InChI=1S/C14H15Cl2NO3/c1-2-20-13(19)14(6-3-7-14)12(18)17-11-5-4-9(15)8-10(11)16/h4-5,8H,2-3,6-7H2,1H3,(H,17,18). The van der Waals surface area contributed by atoms with E-state index in [1.807, 2.05) is 0 Å². The van der Waals surface area contributed by atoms with E-state index in [4.69, 9.17) is 27.9 Å². The topological polar surface area (TPSA) is 55.4 Å². The van der Waals surface area contributed by atoms with Gasteiger partial charge in [0.15, 0.2) is 0 Å². The molecule has 20 heavy (non-hydrogen) atoms. The molecular weight excluding hydrogens is 301 g/mol. The van der Waals surface area contributed by atoms with E-state index >= 15 is 0 Å². The van der Waals surface area contributed by atoms with Crippen molar-refractivity contribution in [3.05, 3.63) is 28.2 Å². The van der Waals surface area contributed by atoms with Crippen molar-refractivity contribution in [1.82, 2.24) is 0 Å². The number of carbonyl (C=O) groups is 2. The van der Waals surface area contributed by atoms with Crippen LogP contribution in [0, 0.1) is 5.41 Å². The molecule has 0 aliphatic heterocycles. The molecule has 1 amide bonds. The second-order valence-electron chi connectivity index (χ2n) is 4.73. The number of hydrogen-bond acceptors (Lipinski definition) is 3. The molecule has 0 atom stereocenters. The Balaban J connectivity index is 2.16. The molecule has 2 rings (SSSR count). The van der Waals surface area contributed by atoms with E-state index in [2.05, 4.69) is 5.32 Å². The van der Waals surface area contributed by atoms with E-state index in [1.165, 1.54) is 6.07 Å². The average molecular weight is 316 g/mol. The first-order valence-electron chi connectivity index (χ1n) is 6.43. The number of hydrogen-bond donors (Lipinski definition) is 1. The molecule has 0 heterocycles. The summed E-state index contributed by atoms with van der Waals surface area (Å²) in [5.74, 6) is -0.833. The molecule has 0 spiro atoms. The Morgan fingerprint density at radius 3 is 2.55 bits per heavy atom. The van der Waals surface area contributed by atoms with Crippen LogP contribution in [-0.4, -0.2) is 18.5 Å². The minimum Gasteiger partial charge on any atom is -0.465 e. The first kappa shape index (κ1) is 15.1. The lowest BCUT2D eigenvalue weighted by atomic mass is 9.68. The van der Waals surface area contributed by atoms with Gasteiger partial charge in [-0.1, -0.05) is 29.6 Å². The van der Waals surface area contributed by atoms with Crippen LogP contribution < -0.4 is 5.32 Å². The Bertz CT molecular complexity index is 541. The summed E-state index contributed by atoms with van der Waals surface area (Å²) in [6.45, 7) is 1.98. The molecule has 1 aliphatic carbocycles. The van der Waals surface area contributed by atoms with Gasteiger partial charge in [0, 0.05) is 5.02 Å². The van der Waals surface area contributed by atoms with Crippen LogP contribution in [0.2, 0.25) is 10.0 Å². The maximum Gasteiger partial charge on any atom is 0.321 e. The normalized spacial score (nSPS) is 16.1. The maximum absolute atomic E-state index is 12.4. The summed E-state index contributed by atoms with van der Waals surface area (Å²) >= 11 is 11.8. The third-order valence-corrected chi connectivity index (χ3v) is 4.04. The van der Waals surface area contributed by atoms with Crippen LogP contribution in [0.15, 0.2) is 18.2 Å². The number of amides is 1. The smallest absolute Gasteiger partial charge is 0.321 e. The van der Waals surface area contributed by atoms with Gasteiger partial charge in [-0.25, -0.2) is 0 Å². The van der Waals surface area contributed by atoms with Crippen molar-refractivity contribution in [2.45, 2.75) is 26.2 Å². The van der Waals surface area contributed by atoms with Crippen molar-refractivity contribution >= 4 is 40.8 Å². The summed E-state index contributed by atoms with van der Waals surface area (Å²) in [6.07, 6.45) is 1.84. The van der Waals surface area contributed by atoms with Crippen molar-refractivity contribution in [3.8, 4) is 0 Å². The Morgan fingerprint density at radius 2 is 2.05 bits per heavy atom. The molecule has 0 bridgehead atoms. The summed E-state index contributed by atoms with van der Waals surface area (Å²) in [5.41, 5.74) is -0.629. The molecule has 1 aliphatic rings. The lowest BCUT2D eigenvalue weighted by molar-refractivity contribution is -0.165. The molecule has 1 fully saturated rings. The summed E-state index contributed by atoms with van der Waals surface area (Å²) in [7, 11) is 0. The molecule has 0 unspecified atom stereocenters. The molecule has 1 saturated carbocycles. The van der Waals surface area contributed by atoms with Crippen molar-refractivity contribution in [2.75, 3.05) is 11.9 Å². The number of carbonyl (C=O) groups excluding carboxylic acids is 2.